The van der Waals surface area contributed by atoms with E-state index >= 15 is 0 Å². The third-order valence-corrected chi connectivity index (χ3v) is 3.42. The van der Waals surface area contributed by atoms with Crippen LogP contribution in [0.15, 0.2) is 12.1 Å². The Hall–Kier alpha value is -2.24. The van der Waals surface area contributed by atoms with Crippen molar-refractivity contribution in [1.29, 1.82) is 0 Å². The first-order valence-electron chi connectivity index (χ1n) is 5.88. The zero-order valence-electron chi connectivity index (χ0n) is 10.2. The molecule has 0 atom stereocenters. The van der Waals surface area contributed by atoms with Crippen molar-refractivity contribution in [3.05, 3.63) is 17.7 Å². The maximum absolute atomic E-state index is 11.4. The van der Waals surface area contributed by atoms with E-state index in [4.69, 9.17) is 11.5 Å². The van der Waals surface area contributed by atoms with Gasteiger partial charge in [0.1, 0.15) is 0 Å². The summed E-state index contributed by atoms with van der Waals surface area (Å²) in [4.78, 5) is 17.8. The molecule has 1 aromatic heterocycles. The molecule has 0 radical (unpaired) electrons. The van der Waals surface area contributed by atoms with Crippen molar-refractivity contribution in [1.82, 2.24) is 9.55 Å². The van der Waals surface area contributed by atoms with Crippen LogP contribution in [0.1, 0.15) is 16.8 Å². The van der Waals surface area contributed by atoms with E-state index in [-0.39, 0.29) is 0 Å². The topological polar surface area (TPSA) is 90.2 Å². The minimum Gasteiger partial charge on any atom is -0.373 e. The van der Waals surface area contributed by atoms with Gasteiger partial charge in [0, 0.05) is 25.7 Å². The molecule has 3 rings (SSSR count). The minimum absolute atomic E-state index is 0.445. The number of aromatic nitrogens is 2. The van der Waals surface area contributed by atoms with E-state index in [1.807, 2.05) is 17.7 Å². The van der Waals surface area contributed by atoms with Crippen molar-refractivity contribution in [2.45, 2.75) is 13.0 Å². The van der Waals surface area contributed by atoms with Gasteiger partial charge in [-0.15, -0.1) is 0 Å². The van der Waals surface area contributed by atoms with Gasteiger partial charge in [-0.2, -0.15) is 0 Å². The number of primary amides is 1. The van der Waals surface area contributed by atoms with Gasteiger partial charge < -0.3 is 20.9 Å². The predicted molar refractivity (Wildman–Crippen MR) is 70.6 cm³/mol. The van der Waals surface area contributed by atoms with E-state index in [2.05, 4.69) is 9.88 Å². The smallest absolute Gasteiger partial charge is 0.248 e. The average Bonchev–Trinajstić information content (AvgIpc) is 2.52. The highest BCUT2D eigenvalue weighted by Gasteiger charge is 2.20. The first-order valence-corrected chi connectivity index (χ1v) is 5.88. The maximum Gasteiger partial charge on any atom is 0.248 e. The molecule has 1 aliphatic heterocycles. The monoisotopic (exact) mass is 245 g/mol. The lowest BCUT2D eigenvalue weighted by Crippen LogP contribution is -2.19. The first-order chi connectivity index (χ1) is 8.58. The molecule has 0 saturated carbocycles. The largest absolute Gasteiger partial charge is 0.373 e. The Morgan fingerprint density at radius 3 is 2.89 bits per heavy atom. The van der Waals surface area contributed by atoms with Gasteiger partial charge in [-0.05, 0) is 18.6 Å². The normalized spacial score (nSPS) is 14.8. The number of carbonyl (C=O) groups excluding carboxylic acids is 1. The number of amides is 1. The first kappa shape index (κ1) is 10.9. The summed E-state index contributed by atoms with van der Waals surface area (Å²) in [6.45, 7) is 1.76. The zero-order chi connectivity index (χ0) is 12.9. The summed E-state index contributed by atoms with van der Waals surface area (Å²) in [7, 11) is 2.00. The van der Waals surface area contributed by atoms with Gasteiger partial charge in [-0.25, -0.2) is 4.98 Å². The number of carbonyl (C=O) groups is 1. The summed E-state index contributed by atoms with van der Waals surface area (Å²) in [6.07, 6.45) is 0.993. The van der Waals surface area contributed by atoms with Gasteiger partial charge in [0.25, 0.3) is 0 Å². The number of rotatable bonds is 1. The van der Waals surface area contributed by atoms with E-state index in [1.165, 1.54) is 0 Å². The van der Waals surface area contributed by atoms with Gasteiger partial charge in [0.05, 0.1) is 16.7 Å². The number of nitrogen functional groups attached to an aromatic ring is 1. The van der Waals surface area contributed by atoms with Gasteiger partial charge >= 0.3 is 0 Å². The van der Waals surface area contributed by atoms with Crippen LogP contribution in [-0.4, -0.2) is 29.1 Å². The molecule has 1 aliphatic rings. The number of benzene rings is 1. The van der Waals surface area contributed by atoms with E-state index in [0.717, 1.165) is 36.2 Å². The maximum atomic E-state index is 11.4. The van der Waals surface area contributed by atoms with E-state index in [0.29, 0.717) is 11.5 Å². The van der Waals surface area contributed by atoms with Crippen LogP contribution >= 0.6 is 0 Å². The van der Waals surface area contributed by atoms with Crippen LogP contribution in [0.5, 0.6) is 0 Å². The third-order valence-electron chi connectivity index (χ3n) is 3.42. The third kappa shape index (κ3) is 1.42. The molecule has 4 N–H and O–H groups in total. The molecule has 0 bridgehead atoms. The van der Waals surface area contributed by atoms with Crippen LogP contribution in [0.25, 0.3) is 11.0 Å². The molecule has 1 amide bonds. The second-order valence-electron chi connectivity index (χ2n) is 4.62. The molecule has 6 nitrogen and oxygen atoms in total. The van der Waals surface area contributed by atoms with Crippen LogP contribution in [0.3, 0.4) is 0 Å². The highest BCUT2D eigenvalue weighted by atomic mass is 16.1. The predicted octanol–water partition coefficient (Wildman–Crippen LogP) is 0.557. The lowest BCUT2D eigenvalue weighted by Gasteiger charge is -2.17. The molecule has 0 saturated heterocycles. The number of anilines is 2. The second kappa shape index (κ2) is 3.63. The number of aryl methyl sites for hydroxylation is 1. The second-order valence-corrected chi connectivity index (χ2v) is 4.62. The molecule has 94 valence electrons. The fourth-order valence-corrected chi connectivity index (χ4v) is 2.51. The molecule has 18 heavy (non-hydrogen) atoms. The van der Waals surface area contributed by atoms with Crippen molar-refractivity contribution < 1.29 is 4.79 Å². The van der Waals surface area contributed by atoms with E-state index in [1.54, 1.807) is 6.07 Å². The molecule has 0 fully saturated rings. The van der Waals surface area contributed by atoms with Crippen molar-refractivity contribution in [2.24, 2.45) is 5.73 Å². The Bertz CT molecular complexity index is 645. The summed E-state index contributed by atoms with van der Waals surface area (Å²) in [5, 5.41) is 0. The van der Waals surface area contributed by atoms with Gasteiger partial charge in [-0.3, -0.25) is 4.79 Å². The summed E-state index contributed by atoms with van der Waals surface area (Å²) < 4.78 is 2.00. The molecular weight excluding hydrogens is 230 g/mol. The van der Waals surface area contributed by atoms with Crippen molar-refractivity contribution in [2.75, 3.05) is 24.2 Å². The van der Waals surface area contributed by atoms with Gasteiger partial charge in [0.2, 0.25) is 11.9 Å². The standard InChI is InChI=1S/C12H15N5O/c1-16-3-2-4-17-10-8(15-12(17)14)5-7(11(13)18)6-9(10)16/h5-6H,2-4H2,1H3,(H2,13,18)(H2,14,15). The average molecular weight is 245 g/mol. The lowest BCUT2D eigenvalue weighted by atomic mass is 10.1. The fourth-order valence-electron chi connectivity index (χ4n) is 2.51. The quantitative estimate of drug-likeness (QED) is 0.768. The van der Waals surface area contributed by atoms with Crippen LogP contribution in [-0.2, 0) is 6.54 Å². The molecule has 0 unspecified atom stereocenters. The molecule has 2 heterocycles. The minimum atomic E-state index is -0.445. The van der Waals surface area contributed by atoms with E-state index in [9.17, 15) is 4.79 Å². The Balaban J connectivity index is 2.39. The summed E-state index contributed by atoms with van der Waals surface area (Å²) in [6, 6.07) is 3.51. The Morgan fingerprint density at radius 2 is 2.17 bits per heavy atom. The lowest BCUT2D eigenvalue weighted by molar-refractivity contribution is 0.100. The highest BCUT2D eigenvalue weighted by molar-refractivity contribution is 6.01. The van der Waals surface area contributed by atoms with Crippen molar-refractivity contribution in [3.8, 4) is 0 Å². The fraction of sp³-hybridized carbons (Fsp3) is 0.333. The molecule has 1 aromatic carbocycles. The van der Waals surface area contributed by atoms with E-state index < -0.39 is 5.91 Å². The molecular formula is C12H15N5O. The summed E-state index contributed by atoms with van der Waals surface area (Å²) in [5.41, 5.74) is 14.4. The summed E-state index contributed by atoms with van der Waals surface area (Å²) in [5.74, 6) is 0.0436. The Kier molecular flexibility index (Phi) is 2.19. The number of nitrogens with two attached hydrogens (primary N) is 2. The number of imidazole rings is 1. The Morgan fingerprint density at radius 1 is 1.39 bits per heavy atom. The molecule has 0 spiro atoms. The van der Waals surface area contributed by atoms with Crippen LogP contribution in [0.2, 0.25) is 0 Å². The van der Waals surface area contributed by atoms with Crippen molar-refractivity contribution >= 4 is 28.6 Å². The molecule has 0 aliphatic carbocycles. The SMILES string of the molecule is CN1CCCn2c(N)nc3cc(C(N)=O)cc1c32. The number of hydrogen-bond acceptors (Lipinski definition) is 4. The molecule has 6 heteroatoms. The number of hydrogen-bond donors (Lipinski definition) is 2. The van der Waals surface area contributed by atoms with Crippen LogP contribution < -0.4 is 16.4 Å². The van der Waals surface area contributed by atoms with Gasteiger partial charge in [-0.1, -0.05) is 0 Å². The Labute approximate surface area is 104 Å². The van der Waals surface area contributed by atoms with Crippen molar-refractivity contribution in [3.63, 3.8) is 0 Å². The van der Waals surface area contributed by atoms with Gasteiger partial charge in [0.15, 0.2) is 0 Å². The molecule has 2 aromatic rings. The zero-order valence-corrected chi connectivity index (χ0v) is 10.2. The van der Waals surface area contributed by atoms with Crippen LogP contribution in [0, 0.1) is 0 Å². The summed E-state index contributed by atoms with van der Waals surface area (Å²) >= 11 is 0. The van der Waals surface area contributed by atoms with Crippen LogP contribution in [0.4, 0.5) is 11.6 Å². The highest BCUT2D eigenvalue weighted by Crippen LogP contribution is 2.32. The number of nitrogens with zero attached hydrogens (tertiary/aromatic N) is 3.